The van der Waals surface area contributed by atoms with E-state index in [0.717, 1.165) is 0 Å². The fourth-order valence-electron chi connectivity index (χ4n) is 2.73. The molecule has 1 atom stereocenters. The van der Waals surface area contributed by atoms with Gasteiger partial charge in [0.2, 0.25) is 0 Å². The maximum atomic E-state index is 13.7. The lowest BCUT2D eigenvalue weighted by Gasteiger charge is -2.32. The SMILES string of the molecule is CC(C)(CO)NC(=O)C1=CC(c2ccc(Cl)cc2)=NN(c2cccc(F)c2)C1O. The number of nitrogens with zero attached hydrogens (tertiary/aromatic N) is 2. The minimum Gasteiger partial charge on any atom is -0.394 e. The molecule has 1 heterocycles. The summed E-state index contributed by atoms with van der Waals surface area (Å²) in [7, 11) is 0. The molecule has 1 aliphatic heterocycles. The van der Waals surface area contributed by atoms with E-state index < -0.39 is 23.5 Å². The Kier molecular flexibility index (Phi) is 6.02. The number of hydrazone groups is 1. The number of benzene rings is 2. The molecule has 0 bridgehead atoms. The second-order valence-electron chi connectivity index (χ2n) is 7.29. The minimum atomic E-state index is -1.44. The predicted octanol–water partition coefficient (Wildman–Crippen LogP) is 2.84. The number of carbonyl (C=O) groups is 1. The van der Waals surface area contributed by atoms with Gasteiger partial charge in [-0.05, 0) is 50.3 Å². The van der Waals surface area contributed by atoms with Gasteiger partial charge in [0.25, 0.3) is 5.91 Å². The highest BCUT2D eigenvalue weighted by molar-refractivity contribution is 6.30. The quantitative estimate of drug-likeness (QED) is 0.698. The van der Waals surface area contributed by atoms with Crippen molar-refractivity contribution in [3.63, 3.8) is 0 Å². The summed E-state index contributed by atoms with van der Waals surface area (Å²) in [6.07, 6.45) is 0.0225. The van der Waals surface area contributed by atoms with E-state index in [-0.39, 0.29) is 17.9 Å². The molecule has 0 aromatic heterocycles. The normalized spacial score (nSPS) is 16.9. The number of hydrogen-bond acceptors (Lipinski definition) is 5. The molecule has 0 spiro atoms. The molecule has 2 aromatic rings. The van der Waals surface area contributed by atoms with Gasteiger partial charge in [-0.1, -0.05) is 29.8 Å². The van der Waals surface area contributed by atoms with Crippen molar-refractivity contribution in [3.8, 4) is 0 Å². The molecule has 1 aliphatic rings. The first kappa shape index (κ1) is 21.0. The van der Waals surface area contributed by atoms with Gasteiger partial charge < -0.3 is 15.5 Å². The maximum absolute atomic E-state index is 13.7. The zero-order valence-corrected chi connectivity index (χ0v) is 16.7. The number of anilines is 1. The van der Waals surface area contributed by atoms with Gasteiger partial charge >= 0.3 is 0 Å². The topological polar surface area (TPSA) is 85.2 Å². The maximum Gasteiger partial charge on any atom is 0.252 e. The van der Waals surface area contributed by atoms with Crippen LogP contribution in [-0.4, -0.2) is 40.2 Å². The van der Waals surface area contributed by atoms with Crippen molar-refractivity contribution in [1.29, 1.82) is 0 Å². The first-order chi connectivity index (χ1) is 13.7. The second-order valence-corrected chi connectivity index (χ2v) is 7.72. The van der Waals surface area contributed by atoms with Crippen molar-refractivity contribution in [1.82, 2.24) is 5.32 Å². The average molecular weight is 418 g/mol. The summed E-state index contributed by atoms with van der Waals surface area (Å²) in [5.74, 6) is -1.07. The molecule has 2 aromatic carbocycles. The summed E-state index contributed by atoms with van der Waals surface area (Å²) >= 11 is 5.95. The van der Waals surface area contributed by atoms with Crippen molar-refractivity contribution < 1.29 is 19.4 Å². The van der Waals surface area contributed by atoms with Crippen LogP contribution in [0.4, 0.5) is 10.1 Å². The summed E-state index contributed by atoms with van der Waals surface area (Å²) in [6, 6.07) is 12.4. The lowest BCUT2D eigenvalue weighted by Crippen LogP contribution is -2.50. The van der Waals surface area contributed by atoms with Gasteiger partial charge in [0, 0.05) is 10.6 Å². The first-order valence-corrected chi connectivity index (χ1v) is 9.30. The highest BCUT2D eigenvalue weighted by Gasteiger charge is 2.32. The van der Waals surface area contributed by atoms with Gasteiger partial charge in [0.05, 0.1) is 29.1 Å². The van der Waals surface area contributed by atoms with E-state index in [1.165, 1.54) is 29.3 Å². The number of allylic oxidation sites excluding steroid dienone is 1. The van der Waals surface area contributed by atoms with Gasteiger partial charge in [0.15, 0.2) is 6.23 Å². The number of halogens is 2. The van der Waals surface area contributed by atoms with Crippen molar-refractivity contribution in [2.24, 2.45) is 5.10 Å². The molecule has 29 heavy (non-hydrogen) atoms. The zero-order valence-electron chi connectivity index (χ0n) is 15.9. The average Bonchev–Trinajstić information content (AvgIpc) is 2.68. The first-order valence-electron chi connectivity index (χ1n) is 8.92. The Morgan fingerprint density at radius 3 is 2.59 bits per heavy atom. The standard InChI is InChI=1S/C21H21ClFN3O3/c1-21(2,12-27)24-19(28)17-11-18(13-6-8-14(22)9-7-13)25-26(20(17)29)16-5-3-4-15(23)10-16/h3-11,20,27,29H,12H2,1-2H3,(H,24,28). The number of rotatable bonds is 5. The molecule has 6 nitrogen and oxygen atoms in total. The Hall–Kier alpha value is -2.74. The summed E-state index contributed by atoms with van der Waals surface area (Å²) in [5, 5.41) is 29.0. The molecule has 0 saturated heterocycles. The molecule has 0 saturated carbocycles. The number of carbonyl (C=O) groups excluding carboxylic acids is 1. The second kappa shape index (κ2) is 8.32. The largest absolute Gasteiger partial charge is 0.394 e. The van der Waals surface area contributed by atoms with Crippen LogP contribution < -0.4 is 10.3 Å². The van der Waals surface area contributed by atoms with E-state index >= 15 is 0 Å². The predicted molar refractivity (Wildman–Crippen MR) is 110 cm³/mol. The van der Waals surface area contributed by atoms with Crippen molar-refractivity contribution >= 4 is 28.9 Å². The number of hydrogen-bond donors (Lipinski definition) is 3. The van der Waals surface area contributed by atoms with Crippen molar-refractivity contribution in [2.75, 3.05) is 11.6 Å². The molecular weight excluding hydrogens is 397 g/mol. The summed E-state index contributed by atoms with van der Waals surface area (Å²) in [5.41, 5.74) is 0.452. The van der Waals surface area contributed by atoms with Gasteiger partial charge in [0.1, 0.15) is 5.82 Å². The molecular formula is C21H21ClFN3O3. The smallest absolute Gasteiger partial charge is 0.252 e. The Morgan fingerprint density at radius 1 is 1.28 bits per heavy atom. The van der Waals surface area contributed by atoms with Crippen LogP contribution in [0.15, 0.2) is 65.3 Å². The lowest BCUT2D eigenvalue weighted by molar-refractivity contribution is -0.120. The third-order valence-corrected chi connectivity index (χ3v) is 4.59. The molecule has 152 valence electrons. The molecule has 1 amide bonds. The van der Waals surface area contributed by atoms with Crippen LogP contribution in [0.1, 0.15) is 19.4 Å². The van der Waals surface area contributed by atoms with Gasteiger partial charge in [-0.15, -0.1) is 0 Å². The highest BCUT2D eigenvalue weighted by Crippen LogP contribution is 2.26. The van der Waals surface area contributed by atoms with Crippen LogP contribution in [0.25, 0.3) is 0 Å². The molecule has 3 rings (SSSR count). The molecule has 1 unspecified atom stereocenters. The van der Waals surface area contributed by atoms with E-state index in [0.29, 0.717) is 16.3 Å². The number of nitrogens with one attached hydrogen (secondary N) is 1. The van der Waals surface area contributed by atoms with Crippen LogP contribution in [0.5, 0.6) is 0 Å². The minimum absolute atomic E-state index is 0.00994. The number of amides is 1. The third-order valence-electron chi connectivity index (χ3n) is 4.34. The van der Waals surface area contributed by atoms with Crippen molar-refractivity contribution in [3.05, 3.63) is 76.6 Å². The Labute approximate surface area is 172 Å². The molecule has 0 aliphatic carbocycles. The Bertz CT molecular complexity index is 973. The number of aliphatic hydroxyl groups excluding tert-OH is 2. The Morgan fingerprint density at radius 2 is 1.97 bits per heavy atom. The van der Waals surface area contributed by atoms with Crippen LogP contribution in [-0.2, 0) is 4.79 Å². The van der Waals surface area contributed by atoms with Crippen LogP contribution in [0, 0.1) is 5.82 Å². The molecule has 8 heteroatoms. The van der Waals surface area contributed by atoms with Gasteiger partial charge in [-0.25, -0.2) is 9.40 Å². The van der Waals surface area contributed by atoms with Gasteiger partial charge in [-0.3, -0.25) is 4.79 Å². The monoisotopic (exact) mass is 417 g/mol. The molecule has 3 N–H and O–H groups in total. The van der Waals surface area contributed by atoms with E-state index in [2.05, 4.69) is 10.4 Å². The fraction of sp³-hybridized carbons (Fsp3) is 0.238. The lowest BCUT2D eigenvalue weighted by atomic mass is 10.0. The third kappa shape index (κ3) is 4.82. The molecule has 0 fully saturated rings. The van der Waals surface area contributed by atoms with Crippen LogP contribution in [0.3, 0.4) is 0 Å². The fourth-order valence-corrected chi connectivity index (χ4v) is 2.86. The van der Waals surface area contributed by atoms with E-state index in [1.54, 1.807) is 44.2 Å². The summed E-state index contributed by atoms with van der Waals surface area (Å²) < 4.78 is 13.7. The van der Waals surface area contributed by atoms with Gasteiger partial charge in [-0.2, -0.15) is 5.10 Å². The molecule has 0 radical (unpaired) electrons. The number of aliphatic hydroxyl groups is 2. The highest BCUT2D eigenvalue weighted by atomic mass is 35.5. The zero-order chi connectivity index (χ0) is 21.2. The summed E-state index contributed by atoms with van der Waals surface area (Å²) in [6.45, 7) is 3.02. The van der Waals surface area contributed by atoms with E-state index in [1.807, 2.05) is 0 Å². The Balaban J connectivity index is 2.06. The van der Waals surface area contributed by atoms with Crippen LogP contribution >= 0.6 is 11.6 Å². The van der Waals surface area contributed by atoms with Crippen molar-refractivity contribution in [2.45, 2.75) is 25.6 Å². The van der Waals surface area contributed by atoms with E-state index in [4.69, 9.17) is 11.6 Å². The van der Waals surface area contributed by atoms with E-state index in [9.17, 15) is 19.4 Å². The summed E-state index contributed by atoms with van der Waals surface area (Å²) in [4.78, 5) is 12.8. The van der Waals surface area contributed by atoms with Crippen LogP contribution in [0.2, 0.25) is 5.02 Å².